The zero-order chi connectivity index (χ0) is 18.0. The molecule has 0 saturated carbocycles. The van der Waals surface area contributed by atoms with E-state index in [1.54, 1.807) is 0 Å². The molecule has 0 aliphatic rings. The fourth-order valence-electron chi connectivity index (χ4n) is 3.10. The average Bonchev–Trinajstić information content (AvgIpc) is 2.99. The minimum Gasteiger partial charge on any atom is -0.481 e. The number of hydrogen-bond acceptors (Lipinski definition) is 1. The van der Waals surface area contributed by atoms with Crippen LogP contribution >= 0.6 is 0 Å². The van der Waals surface area contributed by atoms with Crippen LogP contribution in [0, 0.1) is 20.8 Å². The molecule has 0 saturated heterocycles. The molecule has 0 fully saturated rings. The molecule has 0 aliphatic carbocycles. The Hall–Kier alpha value is -2.81. The van der Waals surface area contributed by atoms with Crippen LogP contribution in [-0.2, 0) is 11.2 Å². The summed E-state index contributed by atoms with van der Waals surface area (Å²) >= 11 is 0. The van der Waals surface area contributed by atoms with Crippen molar-refractivity contribution in [3.63, 3.8) is 0 Å². The molecule has 2 aromatic carbocycles. The fourth-order valence-corrected chi connectivity index (χ4v) is 3.10. The van der Waals surface area contributed by atoms with Crippen LogP contribution in [0.3, 0.4) is 0 Å². The molecule has 3 aromatic rings. The summed E-state index contributed by atoms with van der Waals surface area (Å²) in [6.45, 7) is 6.25. The number of carbonyl (C=O) groups is 1. The summed E-state index contributed by atoms with van der Waals surface area (Å²) in [5.74, 6) is -0.773. The van der Waals surface area contributed by atoms with Crippen molar-refractivity contribution in [1.82, 2.24) is 4.57 Å². The van der Waals surface area contributed by atoms with E-state index in [1.807, 2.05) is 6.07 Å². The van der Waals surface area contributed by atoms with Gasteiger partial charge in [-0.25, -0.2) is 0 Å². The lowest BCUT2D eigenvalue weighted by Gasteiger charge is -2.17. The number of aromatic nitrogens is 1. The van der Waals surface area contributed by atoms with Crippen LogP contribution in [0.15, 0.2) is 54.6 Å². The lowest BCUT2D eigenvalue weighted by molar-refractivity contribution is -0.136. The van der Waals surface area contributed by atoms with Crippen molar-refractivity contribution < 1.29 is 9.90 Å². The highest BCUT2D eigenvalue weighted by Gasteiger charge is 2.14. The first-order valence-electron chi connectivity index (χ1n) is 8.53. The number of nitrogens with zero attached hydrogens (tertiary/aromatic N) is 1. The maximum Gasteiger partial charge on any atom is 0.303 e. The van der Waals surface area contributed by atoms with Crippen molar-refractivity contribution >= 4 is 5.97 Å². The van der Waals surface area contributed by atoms with Gasteiger partial charge in [0.25, 0.3) is 0 Å². The molecular weight excluding hydrogens is 310 g/mol. The summed E-state index contributed by atoms with van der Waals surface area (Å²) in [7, 11) is 0. The lowest BCUT2D eigenvalue weighted by atomic mass is 10.1. The second-order valence-corrected chi connectivity index (χ2v) is 6.60. The lowest BCUT2D eigenvalue weighted by Crippen LogP contribution is -2.07. The van der Waals surface area contributed by atoms with Crippen LogP contribution in [0.25, 0.3) is 16.9 Å². The van der Waals surface area contributed by atoms with E-state index in [1.165, 1.54) is 16.7 Å². The Labute approximate surface area is 148 Å². The smallest absolute Gasteiger partial charge is 0.303 e. The minimum atomic E-state index is -0.773. The highest BCUT2D eigenvalue weighted by molar-refractivity contribution is 5.68. The van der Waals surface area contributed by atoms with E-state index in [2.05, 4.69) is 73.9 Å². The molecule has 0 unspecified atom stereocenters. The van der Waals surface area contributed by atoms with Crippen LogP contribution in [0.1, 0.15) is 28.8 Å². The van der Waals surface area contributed by atoms with E-state index in [9.17, 15) is 4.79 Å². The second-order valence-electron chi connectivity index (χ2n) is 6.60. The van der Waals surface area contributed by atoms with Gasteiger partial charge in [0.15, 0.2) is 0 Å². The van der Waals surface area contributed by atoms with Gasteiger partial charge in [-0.1, -0.05) is 42.0 Å². The first-order chi connectivity index (χ1) is 12.0. The van der Waals surface area contributed by atoms with Gasteiger partial charge in [0, 0.05) is 11.4 Å². The van der Waals surface area contributed by atoms with Crippen molar-refractivity contribution in [3.05, 3.63) is 77.0 Å². The topological polar surface area (TPSA) is 42.2 Å². The zero-order valence-electron chi connectivity index (χ0n) is 14.9. The van der Waals surface area contributed by atoms with Crippen LogP contribution in [0.5, 0.6) is 0 Å². The van der Waals surface area contributed by atoms with Gasteiger partial charge in [0.05, 0.1) is 12.1 Å². The molecule has 0 spiro atoms. The number of aryl methyl sites for hydroxylation is 4. The van der Waals surface area contributed by atoms with Crippen LogP contribution < -0.4 is 0 Å². The average molecular weight is 333 g/mol. The Morgan fingerprint density at radius 1 is 0.920 bits per heavy atom. The van der Waals surface area contributed by atoms with E-state index in [-0.39, 0.29) is 6.42 Å². The highest BCUT2D eigenvalue weighted by Crippen LogP contribution is 2.29. The molecule has 128 valence electrons. The predicted molar refractivity (Wildman–Crippen MR) is 101 cm³/mol. The molecule has 0 bridgehead atoms. The first-order valence-corrected chi connectivity index (χ1v) is 8.53. The van der Waals surface area contributed by atoms with Crippen molar-refractivity contribution in [3.8, 4) is 16.9 Å². The van der Waals surface area contributed by atoms with Gasteiger partial charge >= 0.3 is 5.97 Å². The van der Waals surface area contributed by atoms with Gasteiger partial charge in [0.2, 0.25) is 0 Å². The predicted octanol–water partition coefficient (Wildman–Crippen LogP) is 5.09. The van der Waals surface area contributed by atoms with Gasteiger partial charge in [-0.3, -0.25) is 4.79 Å². The minimum absolute atomic E-state index is 0.127. The third kappa shape index (κ3) is 3.66. The Morgan fingerprint density at radius 2 is 1.60 bits per heavy atom. The summed E-state index contributed by atoms with van der Waals surface area (Å²) in [6, 6.07) is 19.0. The molecule has 0 amide bonds. The largest absolute Gasteiger partial charge is 0.481 e. The molecule has 0 aliphatic heterocycles. The van der Waals surface area contributed by atoms with E-state index in [0.29, 0.717) is 6.42 Å². The van der Waals surface area contributed by atoms with Gasteiger partial charge in [-0.2, -0.15) is 0 Å². The Morgan fingerprint density at radius 3 is 2.28 bits per heavy atom. The number of benzene rings is 2. The quantitative estimate of drug-likeness (QED) is 0.707. The Balaban J connectivity index is 2.17. The maximum atomic E-state index is 11.0. The van der Waals surface area contributed by atoms with Crippen molar-refractivity contribution in [2.24, 2.45) is 0 Å². The molecular formula is C22H23NO2. The van der Waals surface area contributed by atoms with Crippen LogP contribution in [-0.4, -0.2) is 15.6 Å². The highest BCUT2D eigenvalue weighted by atomic mass is 16.4. The maximum absolute atomic E-state index is 11.0. The van der Waals surface area contributed by atoms with Gasteiger partial charge < -0.3 is 9.67 Å². The molecule has 3 rings (SSSR count). The standard InChI is InChI=1S/C22H23NO2/c1-15-5-8-18(9-6-15)20-12-10-19(11-13-22(24)25)23(20)21-14-16(2)4-7-17(21)3/h4-10,12,14H,11,13H2,1-3H3,(H,24,25). The van der Waals surface area contributed by atoms with Crippen molar-refractivity contribution in [2.45, 2.75) is 33.6 Å². The van der Waals surface area contributed by atoms with E-state index in [4.69, 9.17) is 5.11 Å². The molecule has 0 radical (unpaired) electrons. The Kier molecular flexibility index (Phi) is 4.75. The second kappa shape index (κ2) is 6.98. The normalized spacial score (nSPS) is 10.8. The third-order valence-electron chi connectivity index (χ3n) is 4.51. The van der Waals surface area contributed by atoms with Crippen LogP contribution in [0.2, 0.25) is 0 Å². The molecule has 3 heteroatoms. The SMILES string of the molecule is Cc1ccc(-c2ccc(CCC(=O)O)n2-c2cc(C)ccc2C)cc1. The summed E-state index contributed by atoms with van der Waals surface area (Å²) in [5, 5.41) is 9.08. The fraction of sp³-hybridized carbons (Fsp3) is 0.227. The summed E-state index contributed by atoms with van der Waals surface area (Å²) < 4.78 is 2.20. The van der Waals surface area contributed by atoms with Gasteiger partial charge in [-0.15, -0.1) is 0 Å². The molecule has 0 atom stereocenters. The summed E-state index contributed by atoms with van der Waals surface area (Å²) in [5.41, 5.74) is 7.94. The monoisotopic (exact) mass is 333 g/mol. The molecule has 1 heterocycles. The van der Waals surface area contributed by atoms with Gasteiger partial charge in [-0.05, 0) is 62.1 Å². The van der Waals surface area contributed by atoms with Crippen molar-refractivity contribution in [2.75, 3.05) is 0 Å². The number of hydrogen-bond donors (Lipinski definition) is 1. The van der Waals surface area contributed by atoms with Crippen LogP contribution in [0.4, 0.5) is 0 Å². The number of carboxylic acid groups (broad SMARTS) is 1. The zero-order valence-corrected chi connectivity index (χ0v) is 14.9. The number of aliphatic carboxylic acids is 1. The van der Waals surface area contributed by atoms with Crippen molar-refractivity contribution in [1.29, 1.82) is 0 Å². The van der Waals surface area contributed by atoms with E-state index < -0.39 is 5.97 Å². The number of rotatable bonds is 5. The summed E-state index contributed by atoms with van der Waals surface area (Å²) in [4.78, 5) is 11.0. The third-order valence-corrected chi connectivity index (χ3v) is 4.51. The van der Waals surface area contributed by atoms with Gasteiger partial charge in [0.1, 0.15) is 0 Å². The molecule has 1 aromatic heterocycles. The molecule has 3 nitrogen and oxygen atoms in total. The first kappa shape index (κ1) is 17.0. The summed E-state index contributed by atoms with van der Waals surface area (Å²) in [6.07, 6.45) is 0.636. The number of carboxylic acids is 1. The Bertz CT molecular complexity index is 904. The molecule has 1 N–H and O–H groups in total. The van der Waals surface area contributed by atoms with E-state index >= 15 is 0 Å². The van der Waals surface area contributed by atoms with E-state index in [0.717, 1.165) is 22.6 Å². The molecule has 25 heavy (non-hydrogen) atoms.